The predicted octanol–water partition coefficient (Wildman–Crippen LogP) is 2.17. The van der Waals surface area contributed by atoms with E-state index in [1.54, 1.807) is 0 Å². The number of rotatable bonds is 9. The van der Waals surface area contributed by atoms with Crippen molar-refractivity contribution in [3.8, 4) is 0 Å². The van der Waals surface area contributed by atoms with Crippen LogP contribution in [-0.2, 0) is 11.3 Å². The highest BCUT2D eigenvalue weighted by atomic mass is 16.5. The van der Waals surface area contributed by atoms with Gasteiger partial charge in [-0.05, 0) is 25.3 Å². The van der Waals surface area contributed by atoms with Gasteiger partial charge < -0.3 is 14.9 Å². The van der Waals surface area contributed by atoms with Gasteiger partial charge >= 0.3 is 5.97 Å². The van der Waals surface area contributed by atoms with E-state index >= 15 is 0 Å². The van der Waals surface area contributed by atoms with Gasteiger partial charge in [0.2, 0.25) is 5.89 Å². The molecule has 108 valence electrons. The minimum Gasteiger partial charge on any atom is -0.481 e. The molecule has 0 radical (unpaired) electrons. The van der Waals surface area contributed by atoms with Crippen LogP contribution in [0.5, 0.6) is 0 Å². The summed E-state index contributed by atoms with van der Waals surface area (Å²) in [6.07, 6.45) is 1.90. The number of aromatic nitrogens is 2. The topological polar surface area (TPSA) is 88.3 Å². The summed E-state index contributed by atoms with van der Waals surface area (Å²) in [7, 11) is 0. The zero-order chi connectivity index (χ0) is 14.3. The van der Waals surface area contributed by atoms with E-state index in [2.05, 4.69) is 22.4 Å². The van der Waals surface area contributed by atoms with Gasteiger partial charge in [-0.25, -0.2) is 0 Å². The van der Waals surface area contributed by atoms with Crippen molar-refractivity contribution in [2.24, 2.45) is 5.92 Å². The Balaban J connectivity index is 2.14. The molecule has 1 atom stereocenters. The predicted molar refractivity (Wildman–Crippen MR) is 70.7 cm³/mol. The monoisotopic (exact) mass is 269 g/mol. The molecule has 0 aliphatic heterocycles. The number of nitrogens with one attached hydrogen (secondary N) is 1. The van der Waals surface area contributed by atoms with Gasteiger partial charge in [-0.2, -0.15) is 4.98 Å². The van der Waals surface area contributed by atoms with Gasteiger partial charge in [0.15, 0.2) is 5.82 Å². The van der Waals surface area contributed by atoms with Crippen molar-refractivity contribution in [3.05, 3.63) is 11.7 Å². The van der Waals surface area contributed by atoms with Crippen LogP contribution in [0.4, 0.5) is 0 Å². The molecule has 0 spiro atoms. The second-order valence-corrected chi connectivity index (χ2v) is 5.20. The molecule has 0 saturated carbocycles. The van der Waals surface area contributed by atoms with Crippen molar-refractivity contribution in [2.75, 3.05) is 6.54 Å². The molecule has 6 nitrogen and oxygen atoms in total. The quantitative estimate of drug-likeness (QED) is 0.668. The van der Waals surface area contributed by atoms with Crippen molar-refractivity contribution < 1.29 is 14.4 Å². The minimum atomic E-state index is -0.730. The van der Waals surface area contributed by atoms with E-state index in [0.29, 0.717) is 18.4 Å². The smallest absolute Gasteiger partial charge is 0.303 e. The van der Waals surface area contributed by atoms with Crippen LogP contribution in [0.1, 0.15) is 57.7 Å². The van der Waals surface area contributed by atoms with E-state index < -0.39 is 5.97 Å². The van der Waals surface area contributed by atoms with Crippen LogP contribution < -0.4 is 5.32 Å². The van der Waals surface area contributed by atoms with E-state index in [4.69, 9.17) is 9.63 Å². The summed E-state index contributed by atoms with van der Waals surface area (Å²) in [6, 6.07) is 0. The van der Waals surface area contributed by atoms with Crippen molar-refractivity contribution in [1.29, 1.82) is 0 Å². The number of hydrogen-bond acceptors (Lipinski definition) is 5. The highest BCUT2D eigenvalue weighted by Crippen LogP contribution is 2.10. The van der Waals surface area contributed by atoms with Crippen LogP contribution in [0.2, 0.25) is 0 Å². The molecular formula is C13H23N3O3. The third-order valence-electron chi connectivity index (χ3n) is 2.94. The van der Waals surface area contributed by atoms with Crippen LogP contribution >= 0.6 is 0 Å². The molecule has 0 amide bonds. The molecule has 1 aromatic rings. The van der Waals surface area contributed by atoms with Crippen LogP contribution in [0, 0.1) is 5.92 Å². The Morgan fingerprint density at radius 1 is 1.37 bits per heavy atom. The van der Waals surface area contributed by atoms with Crippen LogP contribution in [0.3, 0.4) is 0 Å². The first kappa shape index (κ1) is 15.6. The number of aliphatic carboxylic acids is 1. The molecule has 1 unspecified atom stereocenters. The van der Waals surface area contributed by atoms with Crippen molar-refractivity contribution in [1.82, 2.24) is 15.5 Å². The number of carbonyl (C=O) groups is 1. The third-order valence-corrected chi connectivity index (χ3v) is 2.94. The summed E-state index contributed by atoms with van der Waals surface area (Å²) in [6.45, 7) is 7.48. The zero-order valence-corrected chi connectivity index (χ0v) is 11.8. The lowest BCUT2D eigenvalue weighted by Gasteiger charge is -2.09. The molecule has 1 aromatic heterocycles. The fourth-order valence-electron chi connectivity index (χ4n) is 1.63. The third kappa shape index (κ3) is 6.33. The van der Waals surface area contributed by atoms with Gasteiger partial charge in [0.05, 0.1) is 6.54 Å². The average Bonchev–Trinajstić information content (AvgIpc) is 2.81. The lowest BCUT2D eigenvalue weighted by Crippen LogP contribution is -2.17. The van der Waals surface area contributed by atoms with E-state index in [1.165, 1.54) is 0 Å². The van der Waals surface area contributed by atoms with Gasteiger partial charge in [-0.1, -0.05) is 25.9 Å². The van der Waals surface area contributed by atoms with Gasteiger partial charge in [-0.3, -0.25) is 4.79 Å². The molecule has 0 bridgehead atoms. The van der Waals surface area contributed by atoms with E-state index in [9.17, 15) is 4.79 Å². The molecule has 1 heterocycles. The van der Waals surface area contributed by atoms with Gasteiger partial charge in [0, 0.05) is 12.3 Å². The van der Waals surface area contributed by atoms with Gasteiger partial charge in [-0.15, -0.1) is 0 Å². The second-order valence-electron chi connectivity index (χ2n) is 5.20. The van der Waals surface area contributed by atoms with Crippen LogP contribution in [0.15, 0.2) is 4.52 Å². The Morgan fingerprint density at radius 2 is 2.11 bits per heavy atom. The molecule has 0 fully saturated rings. The number of nitrogens with zero attached hydrogens (tertiary/aromatic N) is 2. The van der Waals surface area contributed by atoms with Crippen LogP contribution in [0.25, 0.3) is 0 Å². The van der Waals surface area contributed by atoms with E-state index in [0.717, 1.165) is 25.2 Å². The van der Waals surface area contributed by atoms with E-state index in [1.807, 2.05) is 13.8 Å². The summed E-state index contributed by atoms with van der Waals surface area (Å²) in [5.74, 6) is 1.27. The van der Waals surface area contributed by atoms with Crippen molar-refractivity contribution in [2.45, 2.75) is 52.5 Å². The Kier molecular flexibility index (Phi) is 6.49. The van der Waals surface area contributed by atoms with Gasteiger partial charge in [0.1, 0.15) is 0 Å². The molecule has 19 heavy (non-hydrogen) atoms. The largest absolute Gasteiger partial charge is 0.481 e. The Hall–Kier alpha value is -1.43. The minimum absolute atomic E-state index is 0.239. The maximum absolute atomic E-state index is 10.4. The molecule has 2 N–H and O–H groups in total. The highest BCUT2D eigenvalue weighted by Gasteiger charge is 2.09. The highest BCUT2D eigenvalue weighted by molar-refractivity contribution is 5.66. The Bertz CT molecular complexity index is 390. The van der Waals surface area contributed by atoms with Crippen molar-refractivity contribution >= 4 is 5.97 Å². The summed E-state index contributed by atoms with van der Waals surface area (Å²) in [5.41, 5.74) is 0. The fraction of sp³-hybridized carbons (Fsp3) is 0.769. The SMILES string of the molecule is CC(CCNCc1nc(C(C)C)no1)CCC(=O)O. The molecule has 0 saturated heterocycles. The summed E-state index contributed by atoms with van der Waals surface area (Å²) < 4.78 is 5.11. The zero-order valence-electron chi connectivity index (χ0n) is 11.8. The number of carboxylic acid groups (broad SMARTS) is 1. The molecule has 1 rings (SSSR count). The lowest BCUT2D eigenvalue weighted by molar-refractivity contribution is -0.137. The fourth-order valence-corrected chi connectivity index (χ4v) is 1.63. The molecular weight excluding hydrogens is 246 g/mol. The normalized spacial score (nSPS) is 12.8. The van der Waals surface area contributed by atoms with Crippen LogP contribution in [-0.4, -0.2) is 27.8 Å². The Morgan fingerprint density at radius 3 is 2.68 bits per heavy atom. The average molecular weight is 269 g/mol. The van der Waals surface area contributed by atoms with Gasteiger partial charge in [0.25, 0.3) is 0 Å². The van der Waals surface area contributed by atoms with E-state index in [-0.39, 0.29) is 12.3 Å². The maximum atomic E-state index is 10.4. The summed E-state index contributed by atoms with van der Waals surface area (Å²) >= 11 is 0. The number of carboxylic acids is 1. The molecule has 0 aromatic carbocycles. The summed E-state index contributed by atoms with van der Waals surface area (Å²) in [5, 5.41) is 15.7. The Labute approximate surface area is 113 Å². The maximum Gasteiger partial charge on any atom is 0.303 e. The number of hydrogen-bond donors (Lipinski definition) is 2. The first-order valence-corrected chi connectivity index (χ1v) is 6.74. The molecule has 0 aliphatic rings. The first-order chi connectivity index (χ1) is 8.99. The summed E-state index contributed by atoms with van der Waals surface area (Å²) in [4.78, 5) is 14.7. The molecule has 0 aliphatic carbocycles. The molecule has 6 heteroatoms. The first-order valence-electron chi connectivity index (χ1n) is 6.74. The standard InChI is InChI=1S/C13H23N3O3/c1-9(2)13-15-11(19-16-13)8-14-7-6-10(3)4-5-12(17)18/h9-10,14H,4-8H2,1-3H3,(H,17,18). The lowest BCUT2D eigenvalue weighted by atomic mass is 10.0. The van der Waals surface area contributed by atoms with Crippen molar-refractivity contribution in [3.63, 3.8) is 0 Å². The second kappa shape index (κ2) is 7.89.